The van der Waals surface area contributed by atoms with Gasteiger partial charge in [-0.15, -0.1) is 0 Å². The maximum atomic E-state index is 14.6. The highest BCUT2D eigenvalue weighted by atomic mass is 35.5. The molecule has 0 unspecified atom stereocenters. The molecule has 4 amide bonds. The standard InChI is InChI=1S/C45H49ClN6O7S/c1-4-6-19-49(20-7-5-2)45(56)41-40(46)30(3)52(47-41)39-17-15-33(28-38(39)44(55)51-21-18-31-10-8-9-11-35(31)29-51)42(53)48-60(57,58)37-16-14-32-12-13-34(26-36(32)27-37)43(54)50-22-24-59-25-23-50/h8-17,26-28H,4-7,18-25,29H2,1-3H3,(H,48,53). The van der Waals surface area contributed by atoms with Crippen molar-refractivity contribution in [2.24, 2.45) is 0 Å². The molecular formula is C45H49ClN6O7S. The molecule has 4 aromatic carbocycles. The molecule has 15 heteroatoms. The zero-order valence-corrected chi connectivity index (χ0v) is 35.7. The van der Waals surface area contributed by atoms with Crippen LogP contribution in [0, 0.1) is 6.92 Å². The van der Waals surface area contributed by atoms with Gasteiger partial charge in [0.25, 0.3) is 33.7 Å². The molecule has 13 nitrogen and oxygen atoms in total. The van der Waals surface area contributed by atoms with Crippen LogP contribution in [-0.2, 0) is 27.7 Å². The van der Waals surface area contributed by atoms with Crippen molar-refractivity contribution in [3.05, 3.63) is 123 Å². The smallest absolute Gasteiger partial charge is 0.275 e. The normalized spacial score (nSPS) is 14.2. The lowest BCUT2D eigenvalue weighted by Gasteiger charge is -2.29. The molecule has 2 aliphatic heterocycles. The van der Waals surface area contributed by atoms with Crippen LogP contribution in [0.15, 0.2) is 83.8 Å². The van der Waals surface area contributed by atoms with E-state index in [4.69, 9.17) is 16.3 Å². The van der Waals surface area contributed by atoms with Crippen molar-refractivity contribution >= 4 is 56.0 Å². The molecule has 0 atom stereocenters. The lowest BCUT2D eigenvalue weighted by molar-refractivity contribution is 0.0303. The second-order valence-corrected chi connectivity index (χ2v) is 17.3. The first-order chi connectivity index (χ1) is 28.9. The molecule has 0 saturated carbocycles. The number of halogens is 1. The number of rotatable bonds is 13. The van der Waals surface area contributed by atoms with E-state index in [1.54, 1.807) is 45.9 Å². The molecule has 1 N–H and O–H groups in total. The van der Waals surface area contributed by atoms with Gasteiger partial charge in [0.15, 0.2) is 5.69 Å². The minimum absolute atomic E-state index is 0.0625. The highest BCUT2D eigenvalue weighted by Gasteiger charge is 2.30. The molecule has 60 heavy (non-hydrogen) atoms. The number of sulfonamides is 1. The van der Waals surface area contributed by atoms with Crippen molar-refractivity contribution in [3.8, 4) is 5.69 Å². The van der Waals surface area contributed by atoms with Gasteiger partial charge < -0.3 is 19.4 Å². The van der Waals surface area contributed by atoms with Gasteiger partial charge in [-0.2, -0.15) is 5.10 Å². The van der Waals surface area contributed by atoms with Crippen molar-refractivity contribution in [3.63, 3.8) is 0 Å². The summed E-state index contributed by atoms with van der Waals surface area (Å²) in [5, 5.41) is 6.06. The molecule has 1 fully saturated rings. The van der Waals surface area contributed by atoms with Gasteiger partial charge in [0.05, 0.1) is 40.1 Å². The molecule has 0 radical (unpaired) electrons. The number of benzene rings is 4. The molecule has 3 heterocycles. The van der Waals surface area contributed by atoms with Gasteiger partial charge in [0, 0.05) is 50.4 Å². The van der Waals surface area contributed by atoms with E-state index in [0.29, 0.717) is 80.9 Å². The van der Waals surface area contributed by atoms with Gasteiger partial charge in [0.2, 0.25) is 0 Å². The molecule has 7 rings (SSSR count). The van der Waals surface area contributed by atoms with Crippen molar-refractivity contribution in [2.45, 2.75) is 64.3 Å². The largest absolute Gasteiger partial charge is 0.378 e. The zero-order valence-electron chi connectivity index (χ0n) is 34.1. The lowest BCUT2D eigenvalue weighted by Crippen LogP contribution is -2.40. The Morgan fingerprint density at radius 2 is 1.48 bits per heavy atom. The molecular weight excluding hydrogens is 804 g/mol. The topological polar surface area (TPSA) is 151 Å². The Kier molecular flexibility index (Phi) is 13.0. The Balaban J connectivity index is 1.21. The maximum absolute atomic E-state index is 14.6. The Morgan fingerprint density at radius 3 is 2.20 bits per heavy atom. The summed E-state index contributed by atoms with van der Waals surface area (Å²) in [4.78, 5) is 60.5. The van der Waals surface area contributed by atoms with Gasteiger partial charge in [-0.3, -0.25) is 19.2 Å². The van der Waals surface area contributed by atoms with E-state index < -0.39 is 21.8 Å². The molecule has 1 saturated heterocycles. The fourth-order valence-electron chi connectivity index (χ4n) is 7.60. The van der Waals surface area contributed by atoms with E-state index in [1.807, 2.05) is 24.3 Å². The summed E-state index contributed by atoms with van der Waals surface area (Å²) < 4.78 is 36.5. The van der Waals surface area contributed by atoms with Crippen LogP contribution in [-0.4, -0.2) is 102 Å². The number of carbonyl (C=O) groups excluding carboxylic acids is 4. The number of morpholine rings is 1. The number of amides is 4. The third kappa shape index (κ3) is 8.96. The molecule has 0 bridgehead atoms. The van der Waals surface area contributed by atoms with E-state index in [-0.39, 0.29) is 44.2 Å². The Bertz CT molecular complexity index is 2560. The third-order valence-corrected chi connectivity index (χ3v) is 12.9. The van der Waals surface area contributed by atoms with Crippen LogP contribution in [0.2, 0.25) is 5.02 Å². The highest BCUT2D eigenvalue weighted by molar-refractivity contribution is 7.90. The Hall–Kier alpha value is -5.57. The summed E-state index contributed by atoms with van der Waals surface area (Å²) in [7, 11) is -4.43. The number of nitrogens with one attached hydrogen (secondary N) is 1. The fraction of sp³-hybridized carbons (Fsp3) is 0.356. The average molecular weight is 853 g/mol. The van der Waals surface area contributed by atoms with Gasteiger partial charge >= 0.3 is 0 Å². The quantitative estimate of drug-likeness (QED) is 0.136. The summed E-state index contributed by atoms with van der Waals surface area (Å²) >= 11 is 6.84. The number of aromatic nitrogens is 2. The van der Waals surface area contributed by atoms with Crippen molar-refractivity contribution in [1.29, 1.82) is 0 Å². The summed E-state index contributed by atoms with van der Waals surface area (Å²) in [6.45, 7) is 9.49. The van der Waals surface area contributed by atoms with Gasteiger partial charge in [-0.1, -0.05) is 74.7 Å². The second kappa shape index (κ2) is 18.4. The SMILES string of the molecule is CCCCN(CCCC)C(=O)c1nn(-c2ccc(C(=O)NS(=O)(=O)c3ccc4ccc(C(=O)N5CCOCC5)cc4c3)cc2C(=O)N2CCc3ccccc3C2)c(C)c1Cl. The van der Waals surface area contributed by atoms with Crippen LogP contribution < -0.4 is 4.72 Å². The zero-order chi connectivity index (χ0) is 42.6. The van der Waals surface area contributed by atoms with E-state index in [1.165, 1.54) is 35.0 Å². The predicted molar refractivity (Wildman–Crippen MR) is 229 cm³/mol. The molecule has 314 valence electrons. The number of carbonyl (C=O) groups is 4. The molecule has 2 aliphatic rings. The van der Waals surface area contributed by atoms with Crippen LogP contribution >= 0.6 is 11.6 Å². The number of hydrogen-bond donors (Lipinski definition) is 1. The number of nitrogens with zero attached hydrogens (tertiary/aromatic N) is 5. The summed E-state index contributed by atoms with van der Waals surface area (Å²) in [6, 6.07) is 21.7. The molecule has 0 aliphatic carbocycles. The Morgan fingerprint density at radius 1 is 0.800 bits per heavy atom. The second-order valence-electron chi connectivity index (χ2n) is 15.2. The maximum Gasteiger partial charge on any atom is 0.275 e. The summed E-state index contributed by atoms with van der Waals surface area (Å²) in [5.74, 6) is -1.84. The van der Waals surface area contributed by atoms with E-state index in [2.05, 4.69) is 23.7 Å². The van der Waals surface area contributed by atoms with Gasteiger partial charge in [-0.05, 0) is 90.6 Å². The average Bonchev–Trinajstić information content (AvgIpc) is 3.57. The predicted octanol–water partition coefficient (Wildman–Crippen LogP) is 6.82. The number of ether oxygens (including phenoxy) is 1. The molecule has 1 aromatic heterocycles. The summed E-state index contributed by atoms with van der Waals surface area (Å²) in [6.07, 6.45) is 4.09. The number of hydrogen-bond acceptors (Lipinski definition) is 8. The minimum atomic E-state index is -4.43. The van der Waals surface area contributed by atoms with Gasteiger partial charge in [-0.25, -0.2) is 17.8 Å². The van der Waals surface area contributed by atoms with Crippen molar-refractivity contribution in [2.75, 3.05) is 45.9 Å². The fourth-order valence-corrected chi connectivity index (χ4v) is 8.81. The Labute approximate surface area is 355 Å². The molecule has 5 aromatic rings. The van der Waals surface area contributed by atoms with Crippen molar-refractivity contribution in [1.82, 2.24) is 29.2 Å². The lowest BCUT2D eigenvalue weighted by atomic mass is 9.98. The molecule has 0 spiro atoms. The highest BCUT2D eigenvalue weighted by Crippen LogP contribution is 2.30. The number of unbranched alkanes of at least 4 members (excludes halogenated alkanes) is 2. The minimum Gasteiger partial charge on any atom is -0.378 e. The van der Waals surface area contributed by atoms with Crippen LogP contribution in [0.25, 0.3) is 16.5 Å². The van der Waals surface area contributed by atoms with E-state index in [9.17, 15) is 27.6 Å². The monoisotopic (exact) mass is 852 g/mol. The number of fused-ring (bicyclic) bond motifs is 2. The van der Waals surface area contributed by atoms with Gasteiger partial charge in [0.1, 0.15) is 0 Å². The van der Waals surface area contributed by atoms with E-state index >= 15 is 0 Å². The third-order valence-electron chi connectivity index (χ3n) is 11.1. The van der Waals surface area contributed by atoms with E-state index in [0.717, 1.165) is 36.8 Å². The first-order valence-corrected chi connectivity index (χ1v) is 22.3. The van der Waals surface area contributed by atoms with Crippen LogP contribution in [0.1, 0.15) is 97.9 Å². The first-order valence-electron chi connectivity index (χ1n) is 20.4. The van der Waals surface area contributed by atoms with Crippen molar-refractivity contribution < 1.29 is 32.3 Å². The first kappa shape index (κ1) is 42.6. The van der Waals surface area contributed by atoms with Crippen LogP contribution in [0.4, 0.5) is 0 Å². The summed E-state index contributed by atoms with van der Waals surface area (Å²) in [5.41, 5.74) is 3.31. The van der Waals surface area contributed by atoms with Crippen LogP contribution in [0.5, 0.6) is 0 Å². The van der Waals surface area contributed by atoms with Crippen LogP contribution in [0.3, 0.4) is 0 Å².